The maximum absolute atomic E-state index is 13.1. The first-order valence-electron chi connectivity index (χ1n) is 10.4. The summed E-state index contributed by atoms with van der Waals surface area (Å²) in [5.41, 5.74) is -0.0322. The second kappa shape index (κ2) is 10.2. The average molecular weight is 497 g/mol. The molecule has 0 aliphatic heterocycles. The third-order valence-corrected chi connectivity index (χ3v) is 5.18. The Bertz CT molecular complexity index is 1530. The molecule has 2 heterocycles. The highest BCUT2D eigenvalue weighted by Crippen LogP contribution is 2.22. The number of halogens is 1. The Morgan fingerprint density at radius 3 is 2.37 bits per heavy atom. The minimum absolute atomic E-state index is 0.0237. The predicted octanol–water partition coefficient (Wildman–Crippen LogP) is 1.31. The van der Waals surface area contributed by atoms with Gasteiger partial charge in [0, 0.05) is 23.8 Å². The summed E-state index contributed by atoms with van der Waals surface area (Å²) in [6.07, 6.45) is 1.44. The molecule has 0 atom stereocenters. The normalized spacial score (nSPS) is 11.5. The van der Waals surface area contributed by atoms with E-state index in [1.165, 1.54) is 16.8 Å². The van der Waals surface area contributed by atoms with Gasteiger partial charge in [-0.25, -0.2) is 24.1 Å². The van der Waals surface area contributed by atoms with E-state index in [0.717, 1.165) is 14.8 Å². The van der Waals surface area contributed by atoms with Gasteiger partial charge in [0.25, 0.3) is 0 Å². The van der Waals surface area contributed by atoms with Crippen molar-refractivity contribution in [3.8, 4) is 17.6 Å². The van der Waals surface area contributed by atoms with Crippen LogP contribution < -0.4 is 38.3 Å². The van der Waals surface area contributed by atoms with Crippen molar-refractivity contribution in [3.63, 3.8) is 0 Å². The fraction of sp³-hybridized carbons (Fsp3) is 0.136. The molecular weight excluding hydrogens is 476 g/mol. The zero-order chi connectivity index (χ0) is 24.9. The first kappa shape index (κ1) is 23.7. The largest absolute Gasteiger partial charge is 0.424 e. The summed E-state index contributed by atoms with van der Waals surface area (Å²) in [6, 6.07) is 15.0. The second-order valence-electron chi connectivity index (χ2n) is 7.20. The Kier molecular flexibility index (Phi) is 6.94. The molecule has 4 N–H and O–H groups in total. The molecule has 13 heteroatoms. The molecular formula is C22H21ClN8O4. The molecule has 0 aliphatic carbocycles. The molecule has 180 valence electrons. The molecule has 0 saturated carbocycles. The van der Waals surface area contributed by atoms with Crippen LogP contribution in [0.25, 0.3) is 0 Å². The molecule has 0 amide bonds. The lowest BCUT2D eigenvalue weighted by Crippen LogP contribution is -2.57. The van der Waals surface area contributed by atoms with Gasteiger partial charge < -0.3 is 15.4 Å². The van der Waals surface area contributed by atoms with E-state index in [2.05, 4.69) is 19.8 Å². The van der Waals surface area contributed by atoms with E-state index in [1.807, 2.05) is 0 Å². The van der Waals surface area contributed by atoms with Gasteiger partial charge in [0.2, 0.25) is 11.5 Å². The monoisotopic (exact) mass is 496 g/mol. The quantitative estimate of drug-likeness (QED) is 0.286. The predicted molar refractivity (Wildman–Crippen MR) is 128 cm³/mol. The van der Waals surface area contributed by atoms with Crippen molar-refractivity contribution in [2.45, 2.75) is 20.0 Å². The van der Waals surface area contributed by atoms with Crippen LogP contribution in [-0.2, 0) is 13.1 Å². The van der Waals surface area contributed by atoms with Crippen LogP contribution in [0.15, 0.2) is 75.4 Å². The summed E-state index contributed by atoms with van der Waals surface area (Å²) in [7, 11) is 0. The smallest absolute Gasteiger partial charge is 0.353 e. The number of rotatable bonds is 7. The van der Waals surface area contributed by atoms with Crippen molar-refractivity contribution >= 4 is 17.3 Å². The van der Waals surface area contributed by atoms with E-state index >= 15 is 0 Å². The number of nitrogen functional groups attached to an aromatic ring is 1. The number of hydrogen-bond acceptors (Lipinski definition) is 9. The van der Waals surface area contributed by atoms with Crippen molar-refractivity contribution in [1.29, 1.82) is 0 Å². The topological polar surface area (TPSA) is 158 Å². The van der Waals surface area contributed by atoms with E-state index in [4.69, 9.17) is 28.1 Å². The maximum atomic E-state index is 13.1. The third kappa shape index (κ3) is 5.23. The van der Waals surface area contributed by atoms with Crippen molar-refractivity contribution in [1.82, 2.24) is 23.8 Å². The molecule has 12 nitrogen and oxygen atoms in total. The minimum atomic E-state index is -0.678. The van der Waals surface area contributed by atoms with Gasteiger partial charge in [0.15, 0.2) is 0 Å². The summed E-state index contributed by atoms with van der Waals surface area (Å²) < 4.78 is 8.78. The molecule has 0 aliphatic rings. The van der Waals surface area contributed by atoms with Crippen LogP contribution in [-0.4, -0.2) is 23.8 Å². The van der Waals surface area contributed by atoms with E-state index < -0.39 is 11.4 Å². The number of nitrogens with zero attached hydrogens (tertiary/aromatic N) is 6. The van der Waals surface area contributed by atoms with Crippen molar-refractivity contribution < 1.29 is 9.57 Å². The van der Waals surface area contributed by atoms with Crippen LogP contribution in [0.3, 0.4) is 0 Å². The van der Waals surface area contributed by atoms with Gasteiger partial charge in [-0.3, -0.25) is 4.57 Å². The summed E-state index contributed by atoms with van der Waals surface area (Å²) >= 11 is 5.97. The Hall–Kier alpha value is -4.42. The standard InChI is InChI=1S/C22H21ClN8O4/c1-2-29-21(32)30(13-14-3-5-15(23)6-4-14)20(31(24)22(29)33)27-16-7-9-17(10-8-16)34-19-26-12-11-18(28-19)35-25/h3-12H,2,13,24-25H2,1H3/b27-20-. The lowest BCUT2D eigenvalue weighted by atomic mass is 10.2. The molecule has 0 unspecified atom stereocenters. The van der Waals surface area contributed by atoms with E-state index in [-0.39, 0.29) is 30.6 Å². The lowest BCUT2D eigenvalue weighted by molar-refractivity contribution is 0.312. The van der Waals surface area contributed by atoms with Gasteiger partial charge in [0.05, 0.1) is 12.2 Å². The summed E-state index contributed by atoms with van der Waals surface area (Å²) in [5, 5.41) is 0.563. The molecule has 0 spiro atoms. The number of aromatic nitrogens is 5. The molecule has 2 aromatic carbocycles. The molecule has 0 bridgehead atoms. The van der Waals surface area contributed by atoms with Crippen LogP contribution in [0.4, 0.5) is 5.69 Å². The van der Waals surface area contributed by atoms with E-state index in [1.54, 1.807) is 55.5 Å². The average Bonchev–Trinajstić information content (AvgIpc) is 2.87. The zero-order valence-corrected chi connectivity index (χ0v) is 19.3. The highest BCUT2D eigenvalue weighted by Gasteiger charge is 2.13. The van der Waals surface area contributed by atoms with Crippen LogP contribution >= 0.6 is 11.6 Å². The summed E-state index contributed by atoms with van der Waals surface area (Å²) in [5.74, 6) is 11.7. The van der Waals surface area contributed by atoms with Crippen LogP contribution in [0.5, 0.6) is 17.6 Å². The highest BCUT2D eigenvalue weighted by atomic mass is 35.5. The molecule has 2 aromatic heterocycles. The molecule has 0 fully saturated rings. The zero-order valence-electron chi connectivity index (χ0n) is 18.5. The number of nitrogens with two attached hydrogens (primary N) is 2. The first-order chi connectivity index (χ1) is 16.9. The van der Waals surface area contributed by atoms with Crippen LogP contribution in [0, 0.1) is 0 Å². The van der Waals surface area contributed by atoms with Crippen LogP contribution in [0.2, 0.25) is 5.02 Å². The first-order valence-corrected chi connectivity index (χ1v) is 10.8. The van der Waals surface area contributed by atoms with E-state index in [0.29, 0.717) is 16.5 Å². The Balaban J connectivity index is 1.74. The van der Waals surface area contributed by atoms with Gasteiger partial charge in [0.1, 0.15) is 5.75 Å². The van der Waals surface area contributed by atoms with Crippen LogP contribution in [0.1, 0.15) is 12.5 Å². The highest BCUT2D eigenvalue weighted by molar-refractivity contribution is 6.30. The minimum Gasteiger partial charge on any atom is -0.424 e. The second-order valence-corrected chi connectivity index (χ2v) is 7.63. The van der Waals surface area contributed by atoms with Gasteiger partial charge >= 0.3 is 17.4 Å². The van der Waals surface area contributed by atoms with Gasteiger partial charge in [-0.05, 0) is 48.9 Å². The SMILES string of the molecule is CCn1c(=O)n(N)/c(=N\c2ccc(Oc3nccc(ON)n3)cc2)n(Cc2ccc(Cl)cc2)c1=O. The number of hydrogen-bond donors (Lipinski definition) is 2. The molecule has 0 saturated heterocycles. The molecule has 35 heavy (non-hydrogen) atoms. The fourth-order valence-corrected chi connectivity index (χ4v) is 3.33. The third-order valence-electron chi connectivity index (χ3n) is 4.93. The fourth-order valence-electron chi connectivity index (χ4n) is 3.20. The summed E-state index contributed by atoms with van der Waals surface area (Å²) in [4.78, 5) is 42.7. The molecule has 4 aromatic rings. The van der Waals surface area contributed by atoms with Crippen molar-refractivity contribution in [3.05, 3.63) is 98.0 Å². The summed E-state index contributed by atoms with van der Waals surface area (Å²) in [6.45, 7) is 1.97. The van der Waals surface area contributed by atoms with Gasteiger partial charge in [-0.2, -0.15) is 15.6 Å². The molecule has 0 radical (unpaired) electrons. The number of ether oxygens (including phenoxy) is 1. The van der Waals surface area contributed by atoms with Crippen molar-refractivity contribution in [2.24, 2.45) is 10.9 Å². The molecule has 4 rings (SSSR count). The van der Waals surface area contributed by atoms with E-state index in [9.17, 15) is 9.59 Å². The van der Waals surface area contributed by atoms with Gasteiger partial charge in [-0.1, -0.05) is 23.7 Å². The lowest BCUT2D eigenvalue weighted by Gasteiger charge is -2.13. The Morgan fingerprint density at radius 2 is 1.71 bits per heavy atom. The van der Waals surface area contributed by atoms with Crippen molar-refractivity contribution in [2.75, 3.05) is 5.84 Å². The number of benzene rings is 2. The Labute approximate surface area is 203 Å². The Morgan fingerprint density at radius 1 is 1.00 bits per heavy atom. The maximum Gasteiger partial charge on any atom is 0.353 e. The van der Waals surface area contributed by atoms with Gasteiger partial charge in [-0.15, -0.1) is 0 Å².